The SMILES string of the molecule is CC(C)NCC(C)S(=O)(=O)NCCOC(C)C. The third-order valence-electron chi connectivity index (χ3n) is 2.20. The first-order valence-electron chi connectivity index (χ1n) is 6.09. The molecule has 104 valence electrons. The highest BCUT2D eigenvalue weighted by molar-refractivity contribution is 7.90. The summed E-state index contributed by atoms with van der Waals surface area (Å²) in [6, 6.07) is 0.289. The average molecular weight is 266 g/mol. The standard InChI is InChI=1S/C11H26N2O3S/c1-9(2)12-8-11(5)17(14,15)13-6-7-16-10(3)4/h9-13H,6-8H2,1-5H3. The van der Waals surface area contributed by atoms with Crippen LogP contribution >= 0.6 is 0 Å². The molecule has 0 spiro atoms. The molecule has 0 saturated carbocycles. The lowest BCUT2D eigenvalue weighted by Gasteiger charge is -2.16. The molecule has 0 aromatic rings. The Kier molecular flexibility index (Phi) is 7.94. The van der Waals surface area contributed by atoms with Crippen LogP contribution in [0.1, 0.15) is 34.6 Å². The molecule has 0 aliphatic rings. The van der Waals surface area contributed by atoms with Gasteiger partial charge >= 0.3 is 0 Å². The molecule has 17 heavy (non-hydrogen) atoms. The lowest BCUT2D eigenvalue weighted by atomic mass is 10.3. The Morgan fingerprint density at radius 2 is 1.71 bits per heavy atom. The molecule has 0 amide bonds. The van der Waals surface area contributed by atoms with Crippen LogP contribution in [0.15, 0.2) is 0 Å². The van der Waals surface area contributed by atoms with Crippen molar-refractivity contribution < 1.29 is 13.2 Å². The Hall–Kier alpha value is -0.170. The van der Waals surface area contributed by atoms with E-state index in [4.69, 9.17) is 4.74 Å². The van der Waals surface area contributed by atoms with E-state index in [1.165, 1.54) is 0 Å². The van der Waals surface area contributed by atoms with Gasteiger partial charge < -0.3 is 10.1 Å². The summed E-state index contributed by atoms with van der Waals surface area (Å²) >= 11 is 0. The van der Waals surface area contributed by atoms with E-state index in [-0.39, 0.29) is 12.1 Å². The van der Waals surface area contributed by atoms with Gasteiger partial charge in [-0.1, -0.05) is 13.8 Å². The summed E-state index contributed by atoms with van der Waals surface area (Å²) in [6.45, 7) is 10.7. The molecule has 6 heteroatoms. The van der Waals surface area contributed by atoms with Gasteiger partial charge in [-0.3, -0.25) is 0 Å². The van der Waals surface area contributed by atoms with Crippen LogP contribution in [0.3, 0.4) is 0 Å². The monoisotopic (exact) mass is 266 g/mol. The highest BCUT2D eigenvalue weighted by Crippen LogP contribution is 1.97. The van der Waals surface area contributed by atoms with Crippen molar-refractivity contribution in [1.29, 1.82) is 0 Å². The molecule has 0 aliphatic heterocycles. The third-order valence-corrected chi connectivity index (χ3v) is 4.03. The fourth-order valence-electron chi connectivity index (χ4n) is 1.13. The number of nitrogens with one attached hydrogen (secondary N) is 2. The van der Waals surface area contributed by atoms with Crippen molar-refractivity contribution in [2.45, 2.75) is 52.0 Å². The summed E-state index contributed by atoms with van der Waals surface area (Å²) in [5.74, 6) is 0. The minimum atomic E-state index is -3.25. The number of hydrogen-bond acceptors (Lipinski definition) is 4. The summed E-state index contributed by atoms with van der Waals surface area (Å²) in [5.41, 5.74) is 0. The quantitative estimate of drug-likeness (QED) is 0.603. The summed E-state index contributed by atoms with van der Waals surface area (Å²) in [7, 11) is -3.25. The van der Waals surface area contributed by atoms with Crippen molar-refractivity contribution in [3.05, 3.63) is 0 Å². The van der Waals surface area contributed by atoms with Crippen LogP contribution < -0.4 is 10.0 Å². The second-order valence-corrected chi connectivity index (χ2v) is 6.92. The van der Waals surface area contributed by atoms with E-state index in [0.29, 0.717) is 19.7 Å². The van der Waals surface area contributed by atoms with E-state index in [0.717, 1.165) is 0 Å². The maximum atomic E-state index is 11.8. The first-order valence-corrected chi connectivity index (χ1v) is 7.63. The molecule has 0 aromatic carbocycles. The molecule has 0 bridgehead atoms. The van der Waals surface area contributed by atoms with Crippen molar-refractivity contribution >= 4 is 10.0 Å². The number of ether oxygens (including phenoxy) is 1. The largest absolute Gasteiger partial charge is 0.377 e. The van der Waals surface area contributed by atoms with Crippen molar-refractivity contribution in [1.82, 2.24) is 10.0 Å². The van der Waals surface area contributed by atoms with Crippen LogP contribution in [0.5, 0.6) is 0 Å². The predicted octanol–water partition coefficient (Wildman–Crippen LogP) is 0.717. The Labute approximate surface area is 105 Å². The molecular weight excluding hydrogens is 240 g/mol. The van der Waals surface area contributed by atoms with Gasteiger partial charge in [-0.15, -0.1) is 0 Å². The van der Waals surface area contributed by atoms with E-state index in [2.05, 4.69) is 10.0 Å². The minimum absolute atomic E-state index is 0.125. The van der Waals surface area contributed by atoms with Gasteiger partial charge in [0.2, 0.25) is 10.0 Å². The van der Waals surface area contributed by atoms with Gasteiger partial charge in [0.05, 0.1) is 18.0 Å². The van der Waals surface area contributed by atoms with E-state index in [1.54, 1.807) is 6.92 Å². The molecule has 0 rings (SSSR count). The van der Waals surface area contributed by atoms with Crippen LogP contribution in [-0.2, 0) is 14.8 Å². The first-order chi connectivity index (χ1) is 7.75. The molecular formula is C11H26N2O3S. The van der Waals surface area contributed by atoms with Crippen LogP contribution in [0.25, 0.3) is 0 Å². The molecule has 0 aliphatic carbocycles. The average Bonchev–Trinajstić information content (AvgIpc) is 2.20. The molecule has 2 N–H and O–H groups in total. The van der Waals surface area contributed by atoms with E-state index in [9.17, 15) is 8.42 Å². The molecule has 0 radical (unpaired) electrons. The summed E-state index contributed by atoms with van der Waals surface area (Å²) in [4.78, 5) is 0. The maximum absolute atomic E-state index is 11.8. The zero-order valence-corrected chi connectivity index (χ0v) is 12.3. The van der Waals surface area contributed by atoms with Crippen LogP contribution in [0.2, 0.25) is 0 Å². The van der Waals surface area contributed by atoms with Crippen LogP contribution in [0.4, 0.5) is 0 Å². The molecule has 0 fully saturated rings. The Morgan fingerprint density at radius 1 is 1.12 bits per heavy atom. The molecule has 0 aromatic heterocycles. The lowest BCUT2D eigenvalue weighted by molar-refractivity contribution is 0.0833. The van der Waals surface area contributed by atoms with E-state index >= 15 is 0 Å². The lowest BCUT2D eigenvalue weighted by Crippen LogP contribution is -2.41. The van der Waals surface area contributed by atoms with E-state index in [1.807, 2.05) is 27.7 Å². The first kappa shape index (κ1) is 16.8. The summed E-state index contributed by atoms with van der Waals surface area (Å²) < 4.78 is 31.4. The van der Waals surface area contributed by atoms with Gasteiger partial charge in [-0.25, -0.2) is 13.1 Å². The van der Waals surface area contributed by atoms with Gasteiger partial charge in [0, 0.05) is 19.1 Å². The Bertz CT molecular complexity index is 289. The Morgan fingerprint density at radius 3 is 2.18 bits per heavy atom. The van der Waals surface area contributed by atoms with Gasteiger partial charge in [0.15, 0.2) is 0 Å². The molecule has 5 nitrogen and oxygen atoms in total. The fourth-order valence-corrected chi connectivity index (χ4v) is 2.10. The van der Waals surface area contributed by atoms with Crippen molar-refractivity contribution in [3.8, 4) is 0 Å². The minimum Gasteiger partial charge on any atom is -0.377 e. The van der Waals surface area contributed by atoms with E-state index < -0.39 is 15.3 Å². The summed E-state index contributed by atoms with van der Waals surface area (Å²) in [6.07, 6.45) is 0.125. The predicted molar refractivity (Wildman–Crippen MR) is 70.6 cm³/mol. The van der Waals surface area contributed by atoms with Crippen LogP contribution in [-0.4, -0.2) is 45.5 Å². The second-order valence-electron chi connectivity index (χ2n) is 4.73. The molecule has 0 heterocycles. The summed E-state index contributed by atoms with van der Waals surface area (Å²) in [5, 5.41) is 2.67. The highest BCUT2D eigenvalue weighted by Gasteiger charge is 2.19. The number of hydrogen-bond donors (Lipinski definition) is 2. The number of rotatable bonds is 9. The number of sulfonamides is 1. The second kappa shape index (κ2) is 8.02. The zero-order chi connectivity index (χ0) is 13.5. The normalized spacial score (nSPS) is 14.5. The van der Waals surface area contributed by atoms with Crippen molar-refractivity contribution in [2.24, 2.45) is 0 Å². The molecule has 1 unspecified atom stereocenters. The van der Waals surface area contributed by atoms with Gasteiger partial charge in [-0.05, 0) is 20.8 Å². The fraction of sp³-hybridized carbons (Fsp3) is 1.00. The molecule has 1 atom stereocenters. The van der Waals surface area contributed by atoms with Gasteiger partial charge in [-0.2, -0.15) is 0 Å². The smallest absolute Gasteiger partial charge is 0.215 e. The van der Waals surface area contributed by atoms with Gasteiger partial charge in [0.1, 0.15) is 0 Å². The van der Waals surface area contributed by atoms with Crippen molar-refractivity contribution in [3.63, 3.8) is 0 Å². The maximum Gasteiger partial charge on any atom is 0.215 e. The third kappa shape index (κ3) is 8.54. The Balaban J connectivity index is 3.93. The van der Waals surface area contributed by atoms with Crippen LogP contribution in [0, 0.1) is 0 Å². The van der Waals surface area contributed by atoms with Gasteiger partial charge in [0.25, 0.3) is 0 Å². The molecule has 0 saturated heterocycles. The topological polar surface area (TPSA) is 67.4 Å². The van der Waals surface area contributed by atoms with Crippen molar-refractivity contribution in [2.75, 3.05) is 19.7 Å². The highest BCUT2D eigenvalue weighted by atomic mass is 32.2. The zero-order valence-electron chi connectivity index (χ0n) is 11.5.